The summed E-state index contributed by atoms with van der Waals surface area (Å²) in [7, 11) is 0. The van der Waals surface area contributed by atoms with Gasteiger partial charge in [-0.3, -0.25) is 0 Å². The smallest absolute Gasteiger partial charge is 0.364 e. The Morgan fingerprint density at radius 3 is 2.90 bits per heavy atom. The fraction of sp³-hybridized carbons (Fsp3) is 0.308. The molecule has 0 radical (unpaired) electrons. The maximum atomic E-state index is 12.8. The molecule has 106 valence electrons. The maximum Gasteiger partial charge on any atom is 0.416 e. The molecule has 2 heterocycles. The van der Waals surface area contributed by atoms with Gasteiger partial charge in [-0.15, -0.1) is 11.8 Å². The maximum absolute atomic E-state index is 12.8. The van der Waals surface area contributed by atoms with Crippen LogP contribution in [0.4, 0.5) is 18.9 Å². The molecule has 0 amide bonds. The van der Waals surface area contributed by atoms with Crippen LogP contribution in [0.2, 0.25) is 0 Å². The predicted molar refractivity (Wildman–Crippen MR) is 71.8 cm³/mol. The van der Waals surface area contributed by atoms with E-state index in [0.29, 0.717) is 12.2 Å². The highest BCUT2D eigenvalue weighted by molar-refractivity contribution is 7.99. The van der Waals surface area contributed by atoms with E-state index >= 15 is 0 Å². The van der Waals surface area contributed by atoms with Gasteiger partial charge in [0, 0.05) is 23.4 Å². The number of thioether (sulfide) groups is 1. The van der Waals surface area contributed by atoms with Crippen molar-refractivity contribution in [2.24, 2.45) is 0 Å². The number of H-pyrrole nitrogens is 1. The van der Waals surface area contributed by atoms with E-state index in [9.17, 15) is 13.2 Å². The van der Waals surface area contributed by atoms with Gasteiger partial charge in [-0.2, -0.15) is 13.2 Å². The highest BCUT2D eigenvalue weighted by Gasteiger charge is 2.32. The summed E-state index contributed by atoms with van der Waals surface area (Å²) < 4.78 is 38.5. The number of aromatic amines is 1. The Bertz CT molecular complexity index is 595. The van der Waals surface area contributed by atoms with Crippen LogP contribution in [0.3, 0.4) is 0 Å². The molecule has 0 bridgehead atoms. The van der Waals surface area contributed by atoms with E-state index in [2.05, 4.69) is 9.97 Å². The molecule has 0 saturated carbocycles. The number of fused-ring (bicyclic) bond motifs is 1. The number of nitrogens with zero attached hydrogens (tertiary/aromatic N) is 2. The van der Waals surface area contributed by atoms with Gasteiger partial charge in [0.1, 0.15) is 0 Å². The Kier molecular flexibility index (Phi) is 3.37. The summed E-state index contributed by atoms with van der Waals surface area (Å²) in [4.78, 5) is 9.76. The monoisotopic (exact) mass is 299 g/mol. The summed E-state index contributed by atoms with van der Waals surface area (Å²) in [5, 5.41) is 0. The van der Waals surface area contributed by atoms with Crippen LogP contribution in [0.25, 0.3) is 0 Å². The second-order valence-electron chi connectivity index (χ2n) is 4.53. The Labute approximate surface area is 118 Å². The van der Waals surface area contributed by atoms with E-state index in [1.54, 1.807) is 30.4 Å². The Hall–Kier alpha value is -1.63. The number of hydrogen-bond acceptors (Lipinski definition) is 3. The first kappa shape index (κ1) is 13.4. The molecule has 0 atom stereocenters. The van der Waals surface area contributed by atoms with Crippen molar-refractivity contribution < 1.29 is 13.2 Å². The van der Waals surface area contributed by atoms with E-state index < -0.39 is 11.7 Å². The SMILES string of the molecule is FC(F)(F)c1ccc2c(c1)N(Cc1cnc[nH]1)CCS2. The zero-order chi connectivity index (χ0) is 14.2. The van der Waals surface area contributed by atoms with E-state index in [1.165, 1.54) is 6.07 Å². The van der Waals surface area contributed by atoms with Crippen molar-refractivity contribution in [2.75, 3.05) is 17.2 Å². The highest BCUT2D eigenvalue weighted by atomic mass is 32.2. The minimum atomic E-state index is -4.31. The molecule has 2 aromatic rings. The average Bonchev–Trinajstić information content (AvgIpc) is 2.90. The molecule has 20 heavy (non-hydrogen) atoms. The van der Waals surface area contributed by atoms with Gasteiger partial charge >= 0.3 is 6.18 Å². The fourth-order valence-corrected chi connectivity index (χ4v) is 3.22. The Balaban J connectivity index is 1.94. The molecule has 0 spiro atoms. The number of halogens is 3. The first-order valence-electron chi connectivity index (χ1n) is 6.10. The Morgan fingerprint density at radius 2 is 2.20 bits per heavy atom. The second-order valence-corrected chi connectivity index (χ2v) is 5.66. The van der Waals surface area contributed by atoms with E-state index in [-0.39, 0.29) is 0 Å². The molecular formula is C13H12F3N3S. The van der Waals surface area contributed by atoms with Crippen LogP contribution in [0.1, 0.15) is 11.3 Å². The lowest BCUT2D eigenvalue weighted by atomic mass is 10.1. The number of rotatable bonds is 2. The zero-order valence-electron chi connectivity index (χ0n) is 10.4. The van der Waals surface area contributed by atoms with Crippen LogP contribution >= 0.6 is 11.8 Å². The quantitative estimate of drug-likeness (QED) is 0.920. The number of aromatic nitrogens is 2. The number of anilines is 1. The van der Waals surface area contributed by atoms with Crippen molar-refractivity contribution in [3.63, 3.8) is 0 Å². The van der Waals surface area contributed by atoms with Gasteiger partial charge in [0.05, 0.1) is 29.8 Å². The van der Waals surface area contributed by atoms with Crippen LogP contribution < -0.4 is 4.90 Å². The number of hydrogen-bond donors (Lipinski definition) is 1. The molecule has 3 nitrogen and oxygen atoms in total. The van der Waals surface area contributed by atoms with E-state index in [1.807, 2.05) is 4.90 Å². The van der Waals surface area contributed by atoms with Gasteiger partial charge in [-0.1, -0.05) is 0 Å². The van der Waals surface area contributed by atoms with Gasteiger partial charge in [-0.05, 0) is 18.2 Å². The normalized spacial score (nSPS) is 15.2. The molecule has 7 heteroatoms. The molecule has 1 N–H and O–H groups in total. The predicted octanol–water partition coefficient (Wildman–Crippen LogP) is 3.54. The molecule has 0 aliphatic carbocycles. The highest BCUT2D eigenvalue weighted by Crippen LogP contribution is 2.39. The van der Waals surface area contributed by atoms with Crippen molar-refractivity contribution in [2.45, 2.75) is 17.6 Å². The Morgan fingerprint density at radius 1 is 1.35 bits per heavy atom. The van der Waals surface area contributed by atoms with Crippen LogP contribution in [0.15, 0.2) is 35.6 Å². The third-order valence-corrected chi connectivity index (χ3v) is 4.20. The molecule has 0 fully saturated rings. The molecule has 1 aromatic heterocycles. The molecular weight excluding hydrogens is 287 g/mol. The summed E-state index contributed by atoms with van der Waals surface area (Å²) in [6.45, 7) is 1.26. The van der Waals surface area contributed by atoms with Gasteiger partial charge in [0.2, 0.25) is 0 Å². The third-order valence-electron chi connectivity index (χ3n) is 3.16. The van der Waals surface area contributed by atoms with Crippen LogP contribution in [-0.2, 0) is 12.7 Å². The van der Waals surface area contributed by atoms with Crippen molar-refractivity contribution in [1.29, 1.82) is 0 Å². The average molecular weight is 299 g/mol. The third kappa shape index (κ3) is 2.63. The lowest BCUT2D eigenvalue weighted by molar-refractivity contribution is -0.137. The molecule has 0 saturated heterocycles. The zero-order valence-corrected chi connectivity index (χ0v) is 11.3. The van der Waals surface area contributed by atoms with Crippen molar-refractivity contribution >= 4 is 17.4 Å². The standard InChI is InChI=1S/C13H12F3N3S/c14-13(15,16)9-1-2-12-11(5-9)19(3-4-20-12)7-10-6-17-8-18-10/h1-2,5-6,8H,3-4,7H2,(H,17,18). The first-order valence-corrected chi connectivity index (χ1v) is 7.09. The molecule has 1 aliphatic rings. The summed E-state index contributed by atoms with van der Waals surface area (Å²) in [6, 6.07) is 3.94. The number of imidazole rings is 1. The topological polar surface area (TPSA) is 31.9 Å². The number of nitrogens with one attached hydrogen (secondary N) is 1. The molecule has 3 rings (SSSR count). The summed E-state index contributed by atoms with van der Waals surface area (Å²) in [5.74, 6) is 0.868. The van der Waals surface area contributed by atoms with Gasteiger partial charge in [-0.25, -0.2) is 4.98 Å². The lowest BCUT2D eigenvalue weighted by Gasteiger charge is -2.31. The minimum Gasteiger partial charge on any atom is -0.364 e. The second kappa shape index (κ2) is 5.05. The number of alkyl halides is 3. The molecule has 1 aromatic carbocycles. The van der Waals surface area contributed by atoms with E-state index in [0.717, 1.165) is 29.0 Å². The van der Waals surface area contributed by atoms with E-state index in [4.69, 9.17) is 0 Å². The van der Waals surface area contributed by atoms with Crippen LogP contribution in [0.5, 0.6) is 0 Å². The molecule has 1 aliphatic heterocycles. The lowest BCUT2D eigenvalue weighted by Crippen LogP contribution is -2.29. The van der Waals surface area contributed by atoms with Crippen molar-refractivity contribution in [3.8, 4) is 0 Å². The summed E-state index contributed by atoms with van der Waals surface area (Å²) in [5.41, 5.74) is 0.930. The summed E-state index contributed by atoms with van der Waals surface area (Å²) >= 11 is 1.59. The van der Waals surface area contributed by atoms with Crippen LogP contribution in [0, 0.1) is 0 Å². The van der Waals surface area contributed by atoms with Crippen molar-refractivity contribution in [1.82, 2.24) is 9.97 Å². The minimum absolute atomic E-state index is 0.537. The molecule has 0 unspecified atom stereocenters. The van der Waals surface area contributed by atoms with Crippen LogP contribution in [-0.4, -0.2) is 22.3 Å². The van der Waals surface area contributed by atoms with Gasteiger partial charge in [0.15, 0.2) is 0 Å². The van der Waals surface area contributed by atoms with Crippen molar-refractivity contribution in [3.05, 3.63) is 42.0 Å². The number of benzene rings is 1. The fourth-order valence-electron chi connectivity index (χ4n) is 2.19. The van der Waals surface area contributed by atoms with Gasteiger partial charge in [0.25, 0.3) is 0 Å². The largest absolute Gasteiger partial charge is 0.416 e. The summed E-state index contributed by atoms with van der Waals surface area (Å²) in [6.07, 6.45) is -1.05. The van der Waals surface area contributed by atoms with Gasteiger partial charge < -0.3 is 9.88 Å². The first-order chi connectivity index (χ1) is 9.54.